The molecule has 0 heterocycles. The monoisotopic (exact) mass is 970 g/mol. The zero-order valence-corrected chi connectivity index (χ0v) is 42.1. The van der Waals surface area contributed by atoms with E-state index in [0.717, 1.165) is 88.7 Å². The second-order valence-corrected chi connectivity index (χ2v) is 19.0. The average Bonchev–Trinajstić information content (AvgIpc) is 3.54. The molecule has 0 saturated heterocycles. The second-order valence-electron chi connectivity index (χ2n) is 19.0. The Morgan fingerprint density at radius 1 is 0.184 bits per heavy atom. The van der Waals surface area contributed by atoms with Gasteiger partial charge in [0.05, 0.1) is 11.4 Å². The molecule has 0 aliphatic carbocycles. The van der Waals surface area contributed by atoms with Gasteiger partial charge in [-0.2, -0.15) is 0 Å². The van der Waals surface area contributed by atoms with E-state index < -0.39 is 0 Å². The fourth-order valence-electron chi connectivity index (χ4n) is 10.1. The lowest BCUT2D eigenvalue weighted by Gasteiger charge is -2.32. The van der Waals surface area contributed by atoms with Crippen LogP contribution in [0.5, 0.6) is 0 Å². The van der Waals surface area contributed by atoms with Crippen LogP contribution in [0, 0.1) is 0 Å². The largest absolute Gasteiger partial charge is 0.309 e. The Morgan fingerprint density at radius 2 is 0.395 bits per heavy atom. The molecule has 12 aromatic carbocycles. The van der Waals surface area contributed by atoms with Gasteiger partial charge in [0.1, 0.15) is 0 Å². The van der Waals surface area contributed by atoms with E-state index in [0.29, 0.717) is 0 Å². The summed E-state index contributed by atoms with van der Waals surface area (Å²) in [7, 11) is 0. The number of fused-ring (bicyclic) bond motifs is 3. The van der Waals surface area contributed by atoms with Crippen molar-refractivity contribution in [3.63, 3.8) is 0 Å². The van der Waals surface area contributed by atoms with E-state index in [-0.39, 0.29) is 0 Å². The van der Waals surface area contributed by atoms with E-state index in [4.69, 9.17) is 0 Å². The van der Waals surface area contributed by atoms with Crippen LogP contribution in [0.15, 0.2) is 279 Å². The van der Waals surface area contributed by atoms with E-state index in [1.54, 1.807) is 0 Å². The Labute approximate surface area is 446 Å². The lowest BCUT2D eigenvalue weighted by atomic mass is 9.93. The van der Waals surface area contributed by atoms with Crippen LogP contribution < -0.4 is 9.80 Å². The van der Waals surface area contributed by atoms with Crippen molar-refractivity contribution in [2.75, 3.05) is 9.80 Å². The zero-order chi connectivity index (χ0) is 50.9. The minimum atomic E-state index is 1.06. The van der Waals surface area contributed by atoms with E-state index in [1.165, 1.54) is 22.3 Å². The number of anilines is 6. The third-order valence-corrected chi connectivity index (χ3v) is 14.0. The minimum absolute atomic E-state index is 1.06. The van der Waals surface area contributed by atoms with Gasteiger partial charge in [0.25, 0.3) is 0 Å². The van der Waals surface area contributed by atoms with Gasteiger partial charge in [-0.25, -0.2) is 0 Å². The number of nitrogens with zero attached hydrogens (tertiary/aromatic N) is 2. The Balaban J connectivity index is 1.06. The molecule has 0 atom stereocenters. The summed E-state index contributed by atoms with van der Waals surface area (Å²) in [4.78, 5) is 4.93. The maximum absolute atomic E-state index is 2.46. The van der Waals surface area contributed by atoms with Crippen molar-refractivity contribution in [2.45, 2.75) is 0 Å². The summed E-state index contributed by atoms with van der Waals surface area (Å²) in [6.45, 7) is 0. The Kier molecular flexibility index (Phi) is 13.6. The second kappa shape index (κ2) is 22.0. The Hall–Kier alpha value is -10.0. The highest BCUT2D eigenvalue weighted by atomic mass is 15.2. The van der Waals surface area contributed by atoms with Crippen LogP contribution in [-0.4, -0.2) is 0 Å². The summed E-state index contributed by atoms with van der Waals surface area (Å²) in [5, 5.41) is 6.91. The van der Waals surface area contributed by atoms with Crippen LogP contribution in [0.3, 0.4) is 0 Å². The zero-order valence-electron chi connectivity index (χ0n) is 42.1. The molecule has 0 bridgehead atoms. The molecular formula is C74H54N2. The molecular weight excluding hydrogens is 917 g/mol. The number of hydrogen-bond donors (Lipinski definition) is 0. The number of benzene rings is 12. The molecule has 76 heavy (non-hydrogen) atoms. The van der Waals surface area contributed by atoms with E-state index in [1.807, 2.05) is 0 Å². The molecule has 0 radical (unpaired) electrons. The Morgan fingerprint density at radius 3 is 0.645 bits per heavy atom. The molecule has 2 heteroatoms. The van der Waals surface area contributed by atoms with Crippen LogP contribution >= 0.6 is 0 Å². The van der Waals surface area contributed by atoms with Crippen molar-refractivity contribution in [1.82, 2.24) is 0 Å². The molecule has 2 nitrogen and oxygen atoms in total. The van der Waals surface area contributed by atoms with Crippen LogP contribution in [0.25, 0.3) is 80.9 Å². The fraction of sp³-hybridized carbons (Fsp3) is 0. The highest BCUT2D eigenvalue weighted by molar-refractivity contribution is 6.23. The van der Waals surface area contributed by atoms with Crippen LogP contribution in [0.4, 0.5) is 34.1 Å². The van der Waals surface area contributed by atoms with E-state index >= 15 is 0 Å². The summed E-state index contributed by atoms with van der Waals surface area (Å²) >= 11 is 0. The molecule has 0 saturated carbocycles. The van der Waals surface area contributed by atoms with E-state index in [9.17, 15) is 0 Å². The van der Waals surface area contributed by atoms with Crippen molar-refractivity contribution in [3.05, 3.63) is 324 Å². The summed E-state index contributed by atoms with van der Waals surface area (Å²) < 4.78 is 0. The SMILES string of the molecule is C(=Cc1ccc(N(c2ccc(C=Cc3ccccc3)cc2)c2c3ccccc3cc3c(N(c4ccc(C=Cc5ccccc5)cc4)c4ccc(C=Cc5ccccc5)cc4)c4ccccc4cc23)cc1)c1ccccc1. The molecule has 0 aromatic heterocycles. The summed E-state index contributed by atoms with van der Waals surface area (Å²) in [5.41, 5.74) is 15.7. The lowest BCUT2D eigenvalue weighted by molar-refractivity contribution is 1.30. The molecule has 12 rings (SSSR count). The molecule has 0 aliphatic heterocycles. The van der Waals surface area contributed by atoms with Crippen LogP contribution in [0.1, 0.15) is 44.5 Å². The van der Waals surface area contributed by atoms with Gasteiger partial charge in [0.2, 0.25) is 0 Å². The van der Waals surface area contributed by atoms with Gasteiger partial charge in [0, 0.05) is 44.3 Å². The highest BCUT2D eigenvalue weighted by Gasteiger charge is 2.25. The van der Waals surface area contributed by atoms with Crippen molar-refractivity contribution in [3.8, 4) is 0 Å². The van der Waals surface area contributed by atoms with Crippen molar-refractivity contribution >= 4 is 115 Å². The van der Waals surface area contributed by atoms with Crippen LogP contribution in [0.2, 0.25) is 0 Å². The van der Waals surface area contributed by atoms with Crippen molar-refractivity contribution in [2.24, 2.45) is 0 Å². The van der Waals surface area contributed by atoms with Gasteiger partial charge >= 0.3 is 0 Å². The fourth-order valence-corrected chi connectivity index (χ4v) is 10.1. The molecule has 0 N–H and O–H groups in total. The number of rotatable bonds is 14. The molecule has 0 fully saturated rings. The molecule has 0 spiro atoms. The first-order chi connectivity index (χ1) is 37.7. The normalized spacial score (nSPS) is 11.7. The third-order valence-electron chi connectivity index (χ3n) is 14.0. The number of hydrogen-bond acceptors (Lipinski definition) is 2. The first kappa shape index (κ1) is 47.0. The molecule has 12 aromatic rings. The lowest BCUT2D eigenvalue weighted by Crippen LogP contribution is -2.13. The van der Waals surface area contributed by atoms with Gasteiger partial charge in [-0.1, -0.05) is 267 Å². The highest BCUT2D eigenvalue weighted by Crippen LogP contribution is 2.50. The quantitative estimate of drug-likeness (QED) is 0.0791. The third kappa shape index (κ3) is 10.4. The van der Waals surface area contributed by atoms with Crippen LogP contribution in [-0.2, 0) is 0 Å². The maximum atomic E-state index is 2.46. The summed E-state index contributed by atoms with van der Waals surface area (Å²) in [6, 6.07) is 100. The standard InChI is InChI=1S/C74H54N2/c1-5-17-55(18-6-1)29-33-59-37-45-65(46-38-59)75(66-47-39-60(40-48-66)34-30-56-19-7-2-8-20-56)73-69-27-15-13-25-63(69)54-72-71(73)53-64-26-14-16-28-70(64)74(72)76(67-49-41-61(42-50-67)35-31-57-21-9-3-10-22-57)68-51-43-62(44-52-68)36-32-58-23-11-4-12-24-58/h1-54H. The summed E-state index contributed by atoms with van der Waals surface area (Å²) in [6.07, 6.45) is 17.5. The first-order valence-electron chi connectivity index (χ1n) is 26.0. The molecule has 360 valence electrons. The Bertz CT molecular complexity index is 3570. The first-order valence-corrected chi connectivity index (χ1v) is 26.0. The molecule has 0 aliphatic rings. The van der Waals surface area contributed by atoms with Gasteiger partial charge in [0.15, 0.2) is 0 Å². The minimum Gasteiger partial charge on any atom is -0.309 e. The molecule has 0 unspecified atom stereocenters. The van der Waals surface area contributed by atoms with Gasteiger partial charge in [-0.3, -0.25) is 0 Å². The van der Waals surface area contributed by atoms with Gasteiger partial charge in [-0.05, 0) is 116 Å². The molecule has 0 amide bonds. The maximum Gasteiger partial charge on any atom is 0.0619 e. The van der Waals surface area contributed by atoms with Gasteiger partial charge in [-0.15, -0.1) is 0 Å². The predicted octanol–water partition coefficient (Wildman–Crippen LogP) is 20.8. The van der Waals surface area contributed by atoms with Crippen molar-refractivity contribution in [1.29, 1.82) is 0 Å². The summed E-state index contributed by atoms with van der Waals surface area (Å²) in [5.74, 6) is 0. The van der Waals surface area contributed by atoms with Gasteiger partial charge < -0.3 is 9.80 Å². The van der Waals surface area contributed by atoms with E-state index in [2.05, 4.69) is 337 Å². The van der Waals surface area contributed by atoms with Crippen molar-refractivity contribution < 1.29 is 0 Å². The average molecular weight is 971 g/mol. The smallest absolute Gasteiger partial charge is 0.0619 e. The topological polar surface area (TPSA) is 6.48 Å². The predicted molar refractivity (Wildman–Crippen MR) is 330 cm³/mol.